The van der Waals surface area contributed by atoms with E-state index in [-0.39, 0.29) is 48.5 Å². The second kappa shape index (κ2) is 11.6. The molecule has 0 bridgehead atoms. The number of carboxylic acids is 1. The molecular weight excluding hydrogens is 557 g/mol. The number of carbonyl (C=O) groups excluding carboxylic acids is 3. The van der Waals surface area contributed by atoms with Crippen LogP contribution in [0.4, 0.5) is 0 Å². The Morgan fingerprint density at radius 2 is 1.95 bits per heavy atom. The van der Waals surface area contributed by atoms with Crippen LogP contribution in [0.3, 0.4) is 0 Å². The summed E-state index contributed by atoms with van der Waals surface area (Å²) in [6.07, 6.45) is 4.54. The van der Waals surface area contributed by atoms with Crippen LogP contribution in [0, 0.1) is 5.92 Å². The van der Waals surface area contributed by atoms with Crippen molar-refractivity contribution in [2.45, 2.75) is 54.2 Å². The first-order valence-corrected chi connectivity index (χ1v) is 14.5. The molecule has 2 saturated heterocycles. The van der Waals surface area contributed by atoms with E-state index >= 15 is 0 Å². The number of allylic oxidation sites excluding steroid dienone is 1. The molecular formula is C26H29ClN3NaO5S2. The molecule has 1 aromatic rings. The van der Waals surface area contributed by atoms with Gasteiger partial charge in [0.1, 0.15) is 17.1 Å². The van der Waals surface area contributed by atoms with Crippen LogP contribution in [0.5, 0.6) is 0 Å². The number of aliphatic carboxylic acids is 1. The number of amides is 3. The zero-order chi connectivity index (χ0) is 26.5. The third kappa shape index (κ3) is 6.00. The quantitative estimate of drug-likeness (QED) is 0.200. The molecule has 0 radical (unpaired) electrons. The van der Waals surface area contributed by atoms with Gasteiger partial charge >= 0.3 is 35.5 Å². The normalized spacial score (nSPS) is 24.2. The number of likely N-dealkylation sites (tertiary alicyclic amines) is 1. The van der Waals surface area contributed by atoms with E-state index in [0.717, 1.165) is 24.3 Å². The molecule has 3 heterocycles. The van der Waals surface area contributed by atoms with Gasteiger partial charge in [-0.3, -0.25) is 19.3 Å². The molecule has 5 rings (SSSR count). The summed E-state index contributed by atoms with van der Waals surface area (Å²) in [5, 5.41) is 12.9. The molecule has 3 fully saturated rings. The molecule has 1 aromatic carbocycles. The Hall–Kier alpha value is -1.43. The van der Waals surface area contributed by atoms with Crippen molar-refractivity contribution >= 4 is 58.8 Å². The van der Waals surface area contributed by atoms with Crippen LogP contribution in [-0.2, 0) is 19.2 Å². The van der Waals surface area contributed by atoms with Crippen LogP contribution in [0.1, 0.15) is 34.5 Å². The van der Waals surface area contributed by atoms with E-state index in [1.807, 2.05) is 17.0 Å². The average Bonchev–Trinajstić information content (AvgIpc) is 3.61. The van der Waals surface area contributed by atoms with E-state index in [1.165, 1.54) is 28.4 Å². The number of nitrogens with one attached hydrogen (secondary N) is 1. The van der Waals surface area contributed by atoms with Crippen LogP contribution in [0.2, 0.25) is 5.02 Å². The van der Waals surface area contributed by atoms with Crippen LogP contribution in [0.15, 0.2) is 52.1 Å². The first-order valence-electron chi connectivity index (χ1n) is 12.2. The van der Waals surface area contributed by atoms with Crippen molar-refractivity contribution in [3.63, 3.8) is 0 Å². The molecule has 2 atom stereocenters. The van der Waals surface area contributed by atoms with Gasteiger partial charge in [-0.1, -0.05) is 11.6 Å². The molecule has 3 amide bonds. The summed E-state index contributed by atoms with van der Waals surface area (Å²) in [5.74, 6) is -1.11. The van der Waals surface area contributed by atoms with E-state index in [4.69, 9.17) is 11.6 Å². The Labute approximate surface area is 258 Å². The molecule has 2 N–H and O–H groups in total. The maximum absolute atomic E-state index is 13.1. The van der Waals surface area contributed by atoms with E-state index in [1.54, 1.807) is 32.1 Å². The molecule has 198 valence electrons. The number of hydrogen-bond donors (Lipinski definition) is 2. The van der Waals surface area contributed by atoms with E-state index in [2.05, 4.69) is 5.32 Å². The first kappa shape index (κ1) is 29.6. The molecule has 8 nitrogen and oxygen atoms in total. The predicted octanol–water partition coefficient (Wildman–Crippen LogP) is 0.635. The molecule has 0 spiro atoms. The molecule has 12 heteroatoms. The average molecular weight is 586 g/mol. The predicted molar refractivity (Wildman–Crippen MR) is 144 cm³/mol. The van der Waals surface area contributed by atoms with Gasteiger partial charge in [0, 0.05) is 34.3 Å². The number of nitrogens with zero attached hydrogens (tertiary/aromatic N) is 2. The summed E-state index contributed by atoms with van der Waals surface area (Å²) in [6.45, 7) is 4.95. The van der Waals surface area contributed by atoms with Crippen molar-refractivity contribution in [1.82, 2.24) is 15.1 Å². The Morgan fingerprint density at radius 3 is 2.58 bits per heavy atom. The number of β-lactam (4-membered cyclic amide) rings is 1. The monoisotopic (exact) mass is 585 g/mol. The fourth-order valence-electron chi connectivity index (χ4n) is 4.71. The maximum Gasteiger partial charge on any atom is 1.00 e. The van der Waals surface area contributed by atoms with Gasteiger partial charge < -0.3 is 16.7 Å². The van der Waals surface area contributed by atoms with Crippen molar-refractivity contribution in [2.75, 3.05) is 18.8 Å². The number of fused-ring (bicyclic) bond motifs is 1. The summed E-state index contributed by atoms with van der Waals surface area (Å²) in [6, 6.07) is 6.35. The second-order valence-electron chi connectivity index (χ2n) is 10.2. The fraction of sp³-hybridized carbons (Fsp3) is 0.462. The maximum atomic E-state index is 13.1. The Kier molecular flexibility index (Phi) is 9.01. The first-order chi connectivity index (χ1) is 17.5. The minimum Gasteiger partial charge on any atom is -1.00 e. The van der Waals surface area contributed by atoms with Crippen molar-refractivity contribution in [1.29, 1.82) is 0 Å². The third-order valence-electron chi connectivity index (χ3n) is 6.96. The largest absolute Gasteiger partial charge is 1.00 e. The number of hydrogen-bond acceptors (Lipinski definition) is 6. The van der Waals surface area contributed by atoms with Crippen LogP contribution in [0.25, 0.3) is 0 Å². The number of halogens is 1. The number of carboxylic acid groups (broad SMARTS) is 1. The molecule has 1 aliphatic carbocycles. The van der Waals surface area contributed by atoms with Crippen LogP contribution in [-0.4, -0.2) is 73.6 Å². The smallest absolute Gasteiger partial charge is 1.00 e. The summed E-state index contributed by atoms with van der Waals surface area (Å²) >= 11 is 8.69. The molecule has 4 aliphatic rings. The summed E-state index contributed by atoms with van der Waals surface area (Å²) in [5.41, 5.74) is 0.948. The molecule has 38 heavy (non-hydrogen) atoms. The van der Waals surface area contributed by atoms with Gasteiger partial charge in [0.25, 0.3) is 5.91 Å². The Morgan fingerprint density at radius 1 is 1.26 bits per heavy atom. The SMILES string of the molecule is CC(C)(Sc1ccc(Cl)cc1)C(=O)N[C@@H]1C(=O)N2C(C(=O)O)=C(/C=C3\CCN(CC4CC4)C3=O)CS[C@H]12.[H-].[Na+]. The zero-order valence-electron chi connectivity index (χ0n) is 22.5. The summed E-state index contributed by atoms with van der Waals surface area (Å²) in [4.78, 5) is 55.1. The number of thioether (sulfide) groups is 2. The van der Waals surface area contributed by atoms with Crippen molar-refractivity contribution < 1.29 is 55.3 Å². The van der Waals surface area contributed by atoms with Gasteiger partial charge in [-0.05, 0) is 74.9 Å². The van der Waals surface area contributed by atoms with E-state index in [9.17, 15) is 24.3 Å². The molecule has 3 aliphatic heterocycles. The summed E-state index contributed by atoms with van der Waals surface area (Å²) in [7, 11) is 0. The second-order valence-corrected chi connectivity index (χ2v) is 13.5. The molecule has 0 unspecified atom stereocenters. The van der Waals surface area contributed by atoms with Crippen LogP contribution < -0.4 is 34.9 Å². The Bertz CT molecular complexity index is 1240. The molecule has 1 saturated carbocycles. The van der Waals surface area contributed by atoms with Gasteiger partial charge in [-0.2, -0.15) is 0 Å². The van der Waals surface area contributed by atoms with Gasteiger partial charge in [-0.15, -0.1) is 23.5 Å². The van der Waals surface area contributed by atoms with Gasteiger partial charge in [-0.25, -0.2) is 4.79 Å². The Balaban J connectivity index is 0.00000210. The van der Waals surface area contributed by atoms with Crippen LogP contribution >= 0.6 is 35.1 Å². The third-order valence-corrected chi connectivity index (χ3v) is 9.72. The van der Waals surface area contributed by atoms with Gasteiger partial charge in [0.2, 0.25) is 11.8 Å². The number of rotatable bonds is 8. The van der Waals surface area contributed by atoms with Crippen molar-refractivity contribution in [2.24, 2.45) is 5.92 Å². The topological polar surface area (TPSA) is 107 Å². The van der Waals surface area contributed by atoms with E-state index in [0.29, 0.717) is 40.8 Å². The zero-order valence-corrected chi connectivity index (χ0v) is 25.9. The number of benzene rings is 1. The van der Waals surface area contributed by atoms with Gasteiger partial charge in [0.15, 0.2) is 0 Å². The fourth-order valence-corrected chi connectivity index (χ4v) is 7.15. The number of carbonyl (C=O) groups is 4. The van der Waals surface area contributed by atoms with Crippen molar-refractivity contribution in [3.8, 4) is 0 Å². The minimum atomic E-state index is -1.21. The standard InChI is InChI=1S/C26H28ClN3O5S2.Na.H/c1-26(2,37-18-7-5-17(27)6-8-18)25(35)28-19-22(32)30-20(24(33)34)16(13-36-23(19)30)11-15-9-10-29(21(15)31)12-14-3-4-14;;/h5-8,11,14,19,23H,3-4,9-10,12-13H2,1-2H3,(H,28,35)(H,33,34);;/q;+1;-1/b15-11+;;/t19-,23-;;/m1../s1. The molecule has 0 aromatic heterocycles. The minimum absolute atomic E-state index is 0. The summed E-state index contributed by atoms with van der Waals surface area (Å²) < 4.78 is -0.871. The van der Waals surface area contributed by atoms with Gasteiger partial charge in [0.05, 0.1) is 4.75 Å². The van der Waals surface area contributed by atoms with Crippen molar-refractivity contribution in [3.05, 3.63) is 52.2 Å². The van der Waals surface area contributed by atoms with E-state index < -0.39 is 28.0 Å².